The van der Waals surface area contributed by atoms with Crippen molar-refractivity contribution in [3.05, 3.63) is 47.1 Å². The molecule has 26 heavy (non-hydrogen) atoms. The Hall–Kier alpha value is -1.72. The second-order valence-electron chi connectivity index (χ2n) is 8.55. The fraction of sp³-hybridized carbons (Fsp3) is 0.619. The SMILES string of the molecule is OCc1ccc(CN2C[C@H]3CCC[C@@]3(c3nc(CC4CC4)no3)C2)cc1. The first kappa shape index (κ1) is 16.5. The van der Waals surface area contributed by atoms with Gasteiger partial charge in [0.2, 0.25) is 5.89 Å². The maximum Gasteiger partial charge on any atom is 0.234 e. The number of benzene rings is 1. The van der Waals surface area contributed by atoms with Crippen LogP contribution in [-0.2, 0) is 25.0 Å². The number of likely N-dealkylation sites (tertiary alicyclic amines) is 1. The molecule has 1 aromatic heterocycles. The van der Waals surface area contributed by atoms with E-state index in [0.29, 0.717) is 5.92 Å². The number of fused-ring (bicyclic) bond motifs is 1. The molecule has 2 heterocycles. The van der Waals surface area contributed by atoms with Crippen molar-refractivity contribution in [1.29, 1.82) is 0 Å². The van der Waals surface area contributed by atoms with Gasteiger partial charge in [-0.25, -0.2) is 0 Å². The molecule has 1 aromatic carbocycles. The van der Waals surface area contributed by atoms with Gasteiger partial charge < -0.3 is 9.63 Å². The fourth-order valence-corrected chi connectivity index (χ4v) is 4.99. The van der Waals surface area contributed by atoms with Crippen molar-refractivity contribution in [2.75, 3.05) is 13.1 Å². The van der Waals surface area contributed by atoms with E-state index in [9.17, 15) is 5.11 Å². The summed E-state index contributed by atoms with van der Waals surface area (Å²) in [4.78, 5) is 7.38. The first-order chi connectivity index (χ1) is 12.7. The Morgan fingerprint density at radius 2 is 1.96 bits per heavy atom. The summed E-state index contributed by atoms with van der Waals surface area (Å²) in [5, 5.41) is 13.5. The molecule has 0 bridgehead atoms. The van der Waals surface area contributed by atoms with Gasteiger partial charge in [0.05, 0.1) is 12.0 Å². The zero-order valence-electron chi connectivity index (χ0n) is 15.2. The first-order valence-electron chi connectivity index (χ1n) is 9.99. The second-order valence-corrected chi connectivity index (χ2v) is 8.55. The molecule has 0 amide bonds. The second kappa shape index (κ2) is 6.46. The molecular formula is C21H27N3O2. The molecule has 1 saturated heterocycles. The number of aliphatic hydroxyl groups is 1. The zero-order chi connectivity index (χ0) is 17.6. The third-order valence-electron chi connectivity index (χ3n) is 6.62. The normalized spacial score (nSPS) is 28.6. The van der Waals surface area contributed by atoms with E-state index < -0.39 is 0 Å². The van der Waals surface area contributed by atoms with Crippen LogP contribution in [0.15, 0.2) is 28.8 Å². The standard InChI is InChI=1S/C21H27N3O2/c25-13-17-7-5-16(6-8-17)11-24-12-18-2-1-9-21(18,14-24)20-22-19(23-26-20)10-15-3-4-15/h5-8,15,18,25H,1-4,9-14H2/t18-,21-/m1/s1. The predicted octanol–water partition coefficient (Wildman–Crippen LogP) is 3.07. The van der Waals surface area contributed by atoms with Crippen LogP contribution in [-0.4, -0.2) is 33.2 Å². The highest BCUT2D eigenvalue weighted by Crippen LogP contribution is 2.50. The Bertz CT molecular complexity index is 768. The Labute approximate surface area is 154 Å². The lowest BCUT2D eigenvalue weighted by Crippen LogP contribution is -2.32. The van der Waals surface area contributed by atoms with E-state index in [4.69, 9.17) is 9.51 Å². The number of hydrogen-bond acceptors (Lipinski definition) is 5. The third kappa shape index (κ3) is 2.97. The highest BCUT2D eigenvalue weighted by atomic mass is 16.5. The van der Waals surface area contributed by atoms with Crippen LogP contribution in [0.1, 0.15) is 54.9 Å². The van der Waals surface area contributed by atoms with Gasteiger partial charge in [0.1, 0.15) is 0 Å². The van der Waals surface area contributed by atoms with Crippen molar-refractivity contribution in [2.45, 2.75) is 57.1 Å². The number of rotatable bonds is 6. The van der Waals surface area contributed by atoms with Gasteiger partial charge in [-0.15, -0.1) is 0 Å². The zero-order valence-corrected chi connectivity index (χ0v) is 15.2. The van der Waals surface area contributed by atoms with Crippen LogP contribution in [0.25, 0.3) is 0 Å². The maximum absolute atomic E-state index is 9.21. The molecule has 1 N–H and O–H groups in total. The van der Waals surface area contributed by atoms with Gasteiger partial charge in [-0.05, 0) is 48.6 Å². The van der Waals surface area contributed by atoms with Crippen molar-refractivity contribution in [3.63, 3.8) is 0 Å². The lowest BCUT2D eigenvalue weighted by Gasteiger charge is -2.24. The molecule has 5 rings (SSSR count). The molecule has 1 aliphatic heterocycles. The van der Waals surface area contributed by atoms with Crippen molar-refractivity contribution in [1.82, 2.24) is 15.0 Å². The third-order valence-corrected chi connectivity index (χ3v) is 6.62. The Morgan fingerprint density at radius 3 is 2.73 bits per heavy atom. The van der Waals surface area contributed by atoms with E-state index in [-0.39, 0.29) is 12.0 Å². The summed E-state index contributed by atoms with van der Waals surface area (Å²) in [6.45, 7) is 3.19. The number of nitrogens with zero attached hydrogens (tertiary/aromatic N) is 3. The highest BCUT2D eigenvalue weighted by Gasteiger charge is 2.54. The first-order valence-corrected chi connectivity index (χ1v) is 9.99. The fourth-order valence-electron chi connectivity index (χ4n) is 4.99. The van der Waals surface area contributed by atoms with Gasteiger partial charge in [0, 0.05) is 26.1 Å². The van der Waals surface area contributed by atoms with E-state index in [0.717, 1.165) is 49.3 Å². The number of aliphatic hydroxyl groups excluding tert-OH is 1. The highest BCUT2D eigenvalue weighted by molar-refractivity contribution is 5.23. The van der Waals surface area contributed by atoms with Crippen LogP contribution in [0.4, 0.5) is 0 Å². The predicted molar refractivity (Wildman–Crippen MR) is 97.4 cm³/mol. The molecule has 3 fully saturated rings. The molecule has 3 aliphatic rings. The van der Waals surface area contributed by atoms with Gasteiger partial charge in [-0.2, -0.15) is 4.98 Å². The van der Waals surface area contributed by atoms with E-state index in [1.54, 1.807) is 0 Å². The van der Waals surface area contributed by atoms with E-state index in [1.165, 1.54) is 37.7 Å². The van der Waals surface area contributed by atoms with Crippen molar-refractivity contribution >= 4 is 0 Å². The Balaban J connectivity index is 1.32. The largest absolute Gasteiger partial charge is 0.392 e. The summed E-state index contributed by atoms with van der Waals surface area (Å²) < 4.78 is 5.80. The van der Waals surface area contributed by atoms with Crippen LogP contribution in [0.2, 0.25) is 0 Å². The quantitative estimate of drug-likeness (QED) is 0.865. The maximum atomic E-state index is 9.21. The average Bonchev–Trinajstić information content (AvgIpc) is 3.03. The summed E-state index contributed by atoms with van der Waals surface area (Å²) in [6, 6.07) is 8.30. The molecule has 5 nitrogen and oxygen atoms in total. The summed E-state index contributed by atoms with van der Waals surface area (Å²) >= 11 is 0. The Kier molecular flexibility index (Phi) is 4.09. The minimum absolute atomic E-state index is 0.0693. The monoisotopic (exact) mass is 353 g/mol. The lowest BCUT2D eigenvalue weighted by atomic mass is 9.80. The molecule has 2 atom stereocenters. The molecule has 0 unspecified atom stereocenters. The number of aromatic nitrogens is 2. The van der Waals surface area contributed by atoms with Crippen LogP contribution < -0.4 is 0 Å². The smallest absolute Gasteiger partial charge is 0.234 e. The van der Waals surface area contributed by atoms with Gasteiger partial charge in [-0.1, -0.05) is 35.8 Å². The topological polar surface area (TPSA) is 62.4 Å². The van der Waals surface area contributed by atoms with Crippen LogP contribution in [0.5, 0.6) is 0 Å². The van der Waals surface area contributed by atoms with Gasteiger partial charge >= 0.3 is 0 Å². The van der Waals surface area contributed by atoms with Crippen LogP contribution in [0, 0.1) is 11.8 Å². The van der Waals surface area contributed by atoms with E-state index >= 15 is 0 Å². The molecule has 2 aliphatic carbocycles. The molecular weight excluding hydrogens is 326 g/mol. The minimum atomic E-state index is 0.0693. The van der Waals surface area contributed by atoms with Gasteiger partial charge in [0.25, 0.3) is 0 Å². The van der Waals surface area contributed by atoms with Crippen molar-refractivity contribution < 1.29 is 9.63 Å². The van der Waals surface area contributed by atoms with Crippen molar-refractivity contribution in [2.24, 2.45) is 11.8 Å². The van der Waals surface area contributed by atoms with Crippen molar-refractivity contribution in [3.8, 4) is 0 Å². The summed E-state index contributed by atoms with van der Waals surface area (Å²) in [5.41, 5.74) is 2.34. The molecule has 0 radical (unpaired) electrons. The average molecular weight is 353 g/mol. The van der Waals surface area contributed by atoms with Gasteiger partial charge in [-0.3, -0.25) is 4.90 Å². The summed E-state index contributed by atoms with van der Waals surface area (Å²) in [6.07, 6.45) is 7.33. The minimum Gasteiger partial charge on any atom is -0.392 e. The number of hydrogen-bond donors (Lipinski definition) is 1. The molecule has 0 spiro atoms. The van der Waals surface area contributed by atoms with Crippen LogP contribution in [0.3, 0.4) is 0 Å². The summed E-state index contributed by atoms with van der Waals surface area (Å²) in [7, 11) is 0. The van der Waals surface area contributed by atoms with E-state index in [2.05, 4.69) is 22.2 Å². The van der Waals surface area contributed by atoms with Crippen LogP contribution >= 0.6 is 0 Å². The molecule has 138 valence electrons. The molecule has 2 saturated carbocycles. The molecule has 5 heteroatoms. The lowest BCUT2D eigenvalue weighted by molar-refractivity contribution is 0.244. The Morgan fingerprint density at radius 1 is 1.15 bits per heavy atom. The van der Waals surface area contributed by atoms with Gasteiger partial charge in [0.15, 0.2) is 5.82 Å². The summed E-state index contributed by atoms with van der Waals surface area (Å²) in [5.74, 6) is 3.24. The molecule has 2 aromatic rings. The van der Waals surface area contributed by atoms with E-state index in [1.807, 2.05) is 12.1 Å².